The molecule has 9 nitrogen and oxygen atoms in total. The van der Waals surface area contributed by atoms with E-state index in [1.54, 1.807) is 0 Å². The molecule has 0 aromatic heterocycles. The number of Topliss-reactive ketones (excluding diaryl/α,β-unsaturated/α-hetero) is 1. The quantitative estimate of drug-likeness (QED) is 0.394. The van der Waals surface area contributed by atoms with E-state index in [0.717, 1.165) is 10.5 Å². The van der Waals surface area contributed by atoms with Crippen LogP contribution in [0.5, 0.6) is 0 Å². The SMILES string of the molecule is CC(=O)CCC(=O)O[C@@H]1[C@@H](NOC(C)=O)[C@H](Sc2ccccc2)O[C@@H]2CO[C@@H](c3ccccc3)O[C@H]12. The van der Waals surface area contributed by atoms with E-state index in [9.17, 15) is 14.4 Å². The number of ether oxygens (including phenoxy) is 4. The number of nitrogens with one attached hydrogen (secondary N) is 1. The minimum absolute atomic E-state index is 0.0665. The Morgan fingerprint density at radius 2 is 1.67 bits per heavy atom. The summed E-state index contributed by atoms with van der Waals surface area (Å²) in [7, 11) is 0. The average Bonchev–Trinajstić information content (AvgIpc) is 2.88. The van der Waals surface area contributed by atoms with Gasteiger partial charge in [0.15, 0.2) is 12.4 Å². The highest BCUT2D eigenvalue weighted by Gasteiger charge is 2.52. The highest BCUT2D eigenvalue weighted by atomic mass is 32.2. The first kappa shape index (κ1) is 26.3. The molecule has 2 aliphatic rings. The lowest BCUT2D eigenvalue weighted by molar-refractivity contribution is -0.312. The van der Waals surface area contributed by atoms with Gasteiger partial charge < -0.3 is 28.6 Å². The van der Waals surface area contributed by atoms with Crippen LogP contribution >= 0.6 is 11.8 Å². The van der Waals surface area contributed by atoms with Crippen LogP contribution in [0.1, 0.15) is 38.5 Å². The molecule has 0 spiro atoms. The Balaban J connectivity index is 1.62. The van der Waals surface area contributed by atoms with Crippen LogP contribution in [0.15, 0.2) is 65.6 Å². The number of hydrogen-bond donors (Lipinski definition) is 1. The molecular formula is C26H29NO8S. The topological polar surface area (TPSA) is 109 Å². The van der Waals surface area contributed by atoms with Crippen molar-refractivity contribution in [3.05, 3.63) is 66.2 Å². The van der Waals surface area contributed by atoms with Gasteiger partial charge >= 0.3 is 11.9 Å². The summed E-state index contributed by atoms with van der Waals surface area (Å²) in [6.45, 7) is 2.89. The summed E-state index contributed by atoms with van der Waals surface area (Å²) < 4.78 is 24.5. The third-order valence-electron chi connectivity index (χ3n) is 5.69. The van der Waals surface area contributed by atoms with Gasteiger partial charge in [0.2, 0.25) is 0 Å². The van der Waals surface area contributed by atoms with Crippen LogP contribution in [0.2, 0.25) is 0 Å². The number of rotatable bonds is 9. The Morgan fingerprint density at radius 1 is 0.972 bits per heavy atom. The Hall–Kier alpha value is -2.76. The second-order valence-corrected chi connectivity index (χ2v) is 9.72. The van der Waals surface area contributed by atoms with E-state index in [4.69, 9.17) is 23.8 Å². The Kier molecular flexibility index (Phi) is 9.11. The van der Waals surface area contributed by atoms with Crippen molar-refractivity contribution in [2.45, 2.75) is 67.7 Å². The maximum Gasteiger partial charge on any atom is 0.321 e. The fraction of sp³-hybridized carbons (Fsp3) is 0.423. The number of hydrogen-bond acceptors (Lipinski definition) is 10. The molecule has 2 heterocycles. The fourth-order valence-electron chi connectivity index (χ4n) is 3.99. The van der Waals surface area contributed by atoms with E-state index < -0.39 is 48.0 Å². The summed E-state index contributed by atoms with van der Waals surface area (Å²) in [6, 6.07) is 18.2. The van der Waals surface area contributed by atoms with E-state index in [2.05, 4.69) is 5.48 Å². The molecule has 10 heteroatoms. The van der Waals surface area contributed by atoms with Gasteiger partial charge in [0, 0.05) is 23.8 Å². The molecule has 192 valence electrons. The van der Waals surface area contributed by atoms with Gasteiger partial charge in [-0.15, -0.1) is 5.48 Å². The minimum Gasteiger partial charge on any atom is -0.458 e. The van der Waals surface area contributed by atoms with Gasteiger partial charge in [-0.2, -0.15) is 0 Å². The molecule has 0 amide bonds. The van der Waals surface area contributed by atoms with Gasteiger partial charge in [-0.05, 0) is 19.1 Å². The van der Waals surface area contributed by atoms with Gasteiger partial charge in [-0.3, -0.25) is 9.59 Å². The number of benzene rings is 2. The molecule has 6 atom stereocenters. The summed E-state index contributed by atoms with van der Waals surface area (Å²) >= 11 is 1.39. The lowest BCUT2D eigenvalue weighted by atomic mass is 9.97. The largest absolute Gasteiger partial charge is 0.458 e. The number of esters is 1. The maximum atomic E-state index is 12.7. The van der Waals surface area contributed by atoms with Crippen molar-refractivity contribution in [1.82, 2.24) is 5.48 Å². The monoisotopic (exact) mass is 515 g/mol. The molecule has 2 aromatic carbocycles. The number of carbonyl (C=O) groups is 3. The predicted octanol–water partition coefficient (Wildman–Crippen LogP) is 3.34. The van der Waals surface area contributed by atoms with Crippen molar-refractivity contribution >= 4 is 29.5 Å². The zero-order chi connectivity index (χ0) is 25.5. The van der Waals surface area contributed by atoms with E-state index in [0.29, 0.717) is 0 Å². The van der Waals surface area contributed by atoms with Crippen molar-refractivity contribution in [3.8, 4) is 0 Å². The molecule has 36 heavy (non-hydrogen) atoms. The van der Waals surface area contributed by atoms with Crippen LogP contribution in [-0.4, -0.2) is 54.1 Å². The van der Waals surface area contributed by atoms with Gasteiger partial charge in [-0.25, -0.2) is 0 Å². The smallest absolute Gasteiger partial charge is 0.321 e. The number of hydroxylamine groups is 1. The zero-order valence-corrected chi connectivity index (χ0v) is 20.8. The Morgan fingerprint density at radius 3 is 2.33 bits per heavy atom. The van der Waals surface area contributed by atoms with Crippen LogP contribution in [0.3, 0.4) is 0 Å². The summed E-state index contributed by atoms with van der Waals surface area (Å²) in [5, 5.41) is 0. The van der Waals surface area contributed by atoms with Crippen LogP contribution < -0.4 is 5.48 Å². The van der Waals surface area contributed by atoms with Gasteiger partial charge in [-0.1, -0.05) is 60.3 Å². The third kappa shape index (κ3) is 6.92. The van der Waals surface area contributed by atoms with E-state index in [1.165, 1.54) is 25.6 Å². The first-order valence-electron chi connectivity index (χ1n) is 11.7. The normalized spacial score (nSPS) is 27.5. The van der Waals surface area contributed by atoms with Crippen LogP contribution in [0.4, 0.5) is 0 Å². The van der Waals surface area contributed by atoms with E-state index >= 15 is 0 Å². The van der Waals surface area contributed by atoms with Crippen molar-refractivity contribution in [3.63, 3.8) is 0 Å². The molecule has 0 saturated carbocycles. The van der Waals surface area contributed by atoms with Crippen LogP contribution in [0.25, 0.3) is 0 Å². The summed E-state index contributed by atoms with van der Waals surface area (Å²) in [5.74, 6) is -1.23. The first-order valence-corrected chi connectivity index (χ1v) is 12.6. The summed E-state index contributed by atoms with van der Waals surface area (Å²) in [6.07, 6.45) is -2.85. The van der Waals surface area contributed by atoms with Crippen LogP contribution in [0, 0.1) is 0 Å². The average molecular weight is 516 g/mol. The summed E-state index contributed by atoms with van der Waals surface area (Å²) in [4.78, 5) is 41.9. The highest BCUT2D eigenvalue weighted by Crippen LogP contribution is 2.40. The molecule has 2 aliphatic heterocycles. The van der Waals surface area contributed by atoms with E-state index in [-0.39, 0.29) is 25.2 Å². The zero-order valence-electron chi connectivity index (χ0n) is 20.0. The molecule has 0 aliphatic carbocycles. The molecule has 0 unspecified atom stereocenters. The van der Waals surface area contributed by atoms with Crippen molar-refractivity contribution in [2.75, 3.05) is 6.61 Å². The Bertz CT molecular complexity index is 1040. The molecule has 2 aromatic rings. The highest BCUT2D eigenvalue weighted by molar-refractivity contribution is 7.99. The number of carbonyl (C=O) groups excluding carboxylic acids is 3. The van der Waals surface area contributed by atoms with Gasteiger partial charge in [0.25, 0.3) is 0 Å². The number of ketones is 1. The molecular weight excluding hydrogens is 486 g/mol. The van der Waals surface area contributed by atoms with Crippen molar-refractivity contribution in [1.29, 1.82) is 0 Å². The summed E-state index contributed by atoms with van der Waals surface area (Å²) in [5.41, 5.74) is 2.94. The van der Waals surface area contributed by atoms with E-state index in [1.807, 2.05) is 60.7 Å². The molecule has 2 saturated heterocycles. The molecule has 4 rings (SSSR count). The lowest BCUT2D eigenvalue weighted by Gasteiger charge is -2.48. The number of fused-ring (bicyclic) bond motifs is 1. The predicted molar refractivity (Wildman–Crippen MR) is 129 cm³/mol. The third-order valence-corrected chi connectivity index (χ3v) is 6.87. The second-order valence-electron chi connectivity index (χ2n) is 8.54. The standard InChI is InChI=1S/C26H29NO8S/c1-16(28)13-14-21(30)33-24-22(27-35-17(2)29)26(36-19-11-7-4-8-12-19)32-20-15-31-25(34-23(20)24)18-9-5-3-6-10-18/h3-12,20,22-27H,13-15H2,1-2H3/t20-,22-,23+,24-,25-,26+/m1/s1. The second kappa shape index (κ2) is 12.5. The maximum absolute atomic E-state index is 12.7. The van der Waals surface area contributed by atoms with Crippen molar-refractivity contribution in [2.24, 2.45) is 0 Å². The van der Waals surface area contributed by atoms with Gasteiger partial charge in [0.1, 0.15) is 29.5 Å². The molecule has 0 radical (unpaired) electrons. The number of thioether (sulfide) groups is 1. The fourth-order valence-corrected chi connectivity index (χ4v) is 5.13. The van der Waals surface area contributed by atoms with Gasteiger partial charge in [0.05, 0.1) is 13.0 Å². The molecule has 1 N–H and O–H groups in total. The molecule has 0 bridgehead atoms. The lowest BCUT2D eigenvalue weighted by Crippen LogP contribution is -2.66. The minimum atomic E-state index is -0.890. The van der Waals surface area contributed by atoms with Crippen LogP contribution in [-0.2, 0) is 38.2 Å². The first-order chi connectivity index (χ1) is 17.4. The van der Waals surface area contributed by atoms with Crippen molar-refractivity contribution < 1.29 is 38.2 Å². The Labute approximate surface area is 213 Å². The molecule has 2 fully saturated rings.